The first-order valence-corrected chi connectivity index (χ1v) is 10.9. The third-order valence-corrected chi connectivity index (χ3v) is 7.87. The minimum absolute atomic E-state index is 0.0333. The van der Waals surface area contributed by atoms with Gasteiger partial charge in [0.15, 0.2) is 11.5 Å². The van der Waals surface area contributed by atoms with Gasteiger partial charge in [-0.2, -0.15) is 0 Å². The molecule has 1 fully saturated rings. The fourth-order valence-corrected chi connectivity index (χ4v) is 6.20. The third-order valence-electron chi connectivity index (χ3n) is 6.86. The highest BCUT2D eigenvalue weighted by atomic mass is 127. The van der Waals surface area contributed by atoms with Crippen molar-refractivity contribution in [1.29, 1.82) is 0 Å². The Kier molecular flexibility index (Phi) is 5.01. The lowest BCUT2D eigenvalue weighted by atomic mass is 9.51. The van der Waals surface area contributed by atoms with Crippen molar-refractivity contribution in [3.8, 4) is 5.75 Å². The number of halogens is 1. The first-order valence-electron chi connectivity index (χ1n) is 9.87. The van der Waals surface area contributed by atoms with Gasteiger partial charge in [-0.15, -0.1) is 0 Å². The molecule has 0 heterocycles. The summed E-state index contributed by atoms with van der Waals surface area (Å²) in [7, 11) is 2.90. The minimum Gasteiger partial charge on any atom is -0.508 e. The molecule has 0 unspecified atom stereocenters. The molecule has 4 rings (SSSR count). The number of aliphatic hydroxyl groups excluding tert-OH is 2. The number of nitrogens with two attached hydrogens (primary N) is 3. The Morgan fingerprint density at radius 1 is 1.18 bits per heavy atom. The van der Waals surface area contributed by atoms with Crippen LogP contribution in [0.4, 0.5) is 0 Å². The highest BCUT2D eigenvalue weighted by molar-refractivity contribution is 14.1. The lowest BCUT2D eigenvalue weighted by Gasteiger charge is -2.59. The number of aliphatic hydroxyl groups is 3. The summed E-state index contributed by atoms with van der Waals surface area (Å²) in [5, 5.41) is 43.9. The van der Waals surface area contributed by atoms with Crippen LogP contribution in [0.15, 0.2) is 29.0 Å². The number of benzene rings is 1. The SMILES string of the molecule is CN(C)[C@@H]1C(=O)C(C(N)=O)=C(O)[C@@]2(O)C(=O)C3=C(O)c4c(O)ccc(I)c4C[C@@]3(N)C[C@@]12N. The van der Waals surface area contributed by atoms with E-state index in [4.69, 9.17) is 17.2 Å². The van der Waals surface area contributed by atoms with E-state index in [0.717, 1.165) is 0 Å². The van der Waals surface area contributed by atoms with Gasteiger partial charge in [0.1, 0.15) is 17.1 Å². The molecule has 0 radical (unpaired) electrons. The quantitative estimate of drug-likeness (QED) is 0.165. The number of phenolic OH excluding ortho intramolecular Hbond substituents is 1. The molecule has 176 valence electrons. The number of fused-ring (bicyclic) bond motifs is 3. The summed E-state index contributed by atoms with van der Waals surface area (Å²) in [6.45, 7) is 0. The number of primary amides is 1. The van der Waals surface area contributed by atoms with Crippen LogP contribution in [0.25, 0.3) is 5.76 Å². The van der Waals surface area contributed by atoms with Crippen LogP contribution in [0.2, 0.25) is 0 Å². The number of amides is 1. The summed E-state index contributed by atoms with van der Waals surface area (Å²) in [5.41, 5.74) is 10.7. The van der Waals surface area contributed by atoms with Crippen LogP contribution in [0.1, 0.15) is 17.5 Å². The van der Waals surface area contributed by atoms with E-state index < -0.39 is 69.3 Å². The number of phenols is 1. The standard InChI is InChI=1S/C21H23IN4O7/c1-26(2)15-14(29)11(18(23)32)16(30)21(33)17(31)12-13(28)10-7(8(22)3-4-9(10)27)5-19(12,24)6-20(15,21)25/h3-4,15,27-28,30,33H,5-6,24-25H2,1-2H3,(H2,23,32)/t15-,19-,20-,21-/m1/s1. The van der Waals surface area contributed by atoms with Crippen molar-refractivity contribution >= 4 is 45.8 Å². The van der Waals surface area contributed by atoms with Gasteiger partial charge < -0.3 is 37.6 Å². The van der Waals surface area contributed by atoms with Crippen LogP contribution in [0, 0.1) is 3.57 Å². The van der Waals surface area contributed by atoms with Crippen molar-refractivity contribution in [1.82, 2.24) is 4.90 Å². The molecule has 33 heavy (non-hydrogen) atoms. The maximum Gasteiger partial charge on any atom is 0.255 e. The Hall–Kier alpha value is -2.52. The van der Waals surface area contributed by atoms with E-state index in [1.165, 1.54) is 25.1 Å². The lowest BCUT2D eigenvalue weighted by Crippen LogP contribution is -2.83. The molecule has 0 spiro atoms. The zero-order valence-electron chi connectivity index (χ0n) is 17.7. The predicted octanol–water partition coefficient (Wildman–Crippen LogP) is -1.27. The molecule has 3 aliphatic rings. The number of hydrogen-bond acceptors (Lipinski definition) is 10. The van der Waals surface area contributed by atoms with Gasteiger partial charge in [-0.1, -0.05) is 0 Å². The Morgan fingerprint density at radius 3 is 2.33 bits per heavy atom. The zero-order valence-corrected chi connectivity index (χ0v) is 19.9. The average Bonchev–Trinajstić information content (AvgIpc) is 2.67. The summed E-state index contributed by atoms with van der Waals surface area (Å²) in [5.74, 6) is -5.88. The van der Waals surface area contributed by atoms with E-state index >= 15 is 0 Å². The number of likely N-dealkylation sites (N-methyl/N-ethyl adjacent to an activating group) is 1. The molecule has 1 aromatic rings. The van der Waals surface area contributed by atoms with Crippen LogP contribution < -0.4 is 17.2 Å². The lowest BCUT2D eigenvalue weighted by molar-refractivity contribution is -0.158. The molecular formula is C21H23IN4O7. The smallest absolute Gasteiger partial charge is 0.255 e. The molecule has 1 aromatic carbocycles. The normalized spacial score (nSPS) is 33.7. The highest BCUT2D eigenvalue weighted by Crippen LogP contribution is 2.54. The van der Waals surface area contributed by atoms with Gasteiger partial charge in [0.05, 0.1) is 28.3 Å². The van der Waals surface area contributed by atoms with Gasteiger partial charge in [0, 0.05) is 3.57 Å². The van der Waals surface area contributed by atoms with Gasteiger partial charge in [-0.25, -0.2) is 0 Å². The molecule has 0 aromatic heterocycles. The summed E-state index contributed by atoms with van der Waals surface area (Å²) in [6, 6.07) is 1.48. The Balaban J connectivity index is 2.10. The number of ketones is 2. The van der Waals surface area contributed by atoms with Crippen LogP contribution >= 0.6 is 22.6 Å². The number of Topliss-reactive ketones (excluding diaryl/α,β-unsaturated/α-hetero) is 2. The number of carbonyl (C=O) groups excluding carboxylic acids is 3. The molecule has 4 atom stereocenters. The monoisotopic (exact) mass is 570 g/mol. The number of hydrogen-bond donors (Lipinski definition) is 7. The van der Waals surface area contributed by atoms with Crippen molar-refractivity contribution < 1.29 is 34.8 Å². The Labute approximate surface area is 201 Å². The van der Waals surface area contributed by atoms with Crippen molar-refractivity contribution in [2.45, 2.75) is 35.6 Å². The van der Waals surface area contributed by atoms with Gasteiger partial charge >= 0.3 is 0 Å². The third kappa shape index (κ3) is 2.72. The average molecular weight is 570 g/mol. The summed E-state index contributed by atoms with van der Waals surface area (Å²) >= 11 is 1.99. The maximum atomic E-state index is 13.8. The van der Waals surface area contributed by atoms with Crippen molar-refractivity contribution in [2.24, 2.45) is 17.2 Å². The second-order valence-corrected chi connectivity index (χ2v) is 10.2. The van der Waals surface area contributed by atoms with Gasteiger partial charge in [-0.3, -0.25) is 19.3 Å². The largest absolute Gasteiger partial charge is 0.508 e. The molecule has 3 aliphatic carbocycles. The Morgan fingerprint density at radius 2 is 1.79 bits per heavy atom. The highest BCUT2D eigenvalue weighted by Gasteiger charge is 2.73. The van der Waals surface area contributed by atoms with Crippen molar-refractivity contribution in [3.63, 3.8) is 0 Å². The molecule has 0 saturated heterocycles. The molecular weight excluding hydrogens is 547 g/mol. The molecule has 1 amide bonds. The fourth-order valence-electron chi connectivity index (χ4n) is 5.56. The van der Waals surface area contributed by atoms with Crippen molar-refractivity contribution in [3.05, 3.63) is 43.7 Å². The number of nitrogens with zero attached hydrogens (tertiary/aromatic N) is 1. The van der Waals surface area contributed by atoms with Crippen LogP contribution in [0.5, 0.6) is 5.75 Å². The second kappa shape index (κ2) is 6.99. The van der Waals surface area contributed by atoms with Crippen LogP contribution in [-0.2, 0) is 20.8 Å². The number of carbonyl (C=O) groups is 3. The molecule has 11 nitrogen and oxygen atoms in total. The summed E-state index contributed by atoms with van der Waals surface area (Å²) in [6.07, 6.45) is -0.492. The first kappa shape index (κ1) is 23.6. The molecule has 1 saturated carbocycles. The Bertz CT molecular complexity index is 1230. The van der Waals surface area contributed by atoms with Gasteiger partial charge in [0.2, 0.25) is 11.4 Å². The van der Waals surface area contributed by atoms with E-state index in [1.807, 2.05) is 22.6 Å². The molecule has 0 bridgehead atoms. The number of aromatic hydroxyl groups is 1. The summed E-state index contributed by atoms with van der Waals surface area (Å²) in [4.78, 5) is 40.3. The first-order chi connectivity index (χ1) is 15.1. The predicted molar refractivity (Wildman–Crippen MR) is 124 cm³/mol. The van der Waals surface area contributed by atoms with E-state index in [1.54, 1.807) is 6.07 Å². The van der Waals surface area contributed by atoms with E-state index in [9.17, 15) is 34.8 Å². The number of rotatable bonds is 2. The van der Waals surface area contributed by atoms with E-state index in [0.29, 0.717) is 9.13 Å². The zero-order chi connectivity index (χ0) is 24.8. The van der Waals surface area contributed by atoms with Crippen molar-refractivity contribution in [2.75, 3.05) is 14.1 Å². The topological polar surface area (TPSA) is 213 Å². The summed E-state index contributed by atoms with van der Waals surface area (Å²) < 4.78 is 0.651. The van der Waals surface area contributed by atoms with Crippen LogP contribution in [-0.4, -0.2) is 79.6 Å². The molecule has 0 aliphatic heterocycles. The molecule has 10 N–H and O–H groups in total. The van der Waals surface area contributed by atoms with E-state index in [2.05, 4.69) is 0 Å². The van der Waals surface area contributed by atoms with Gasteiger partial charge in [0.25, 0.3) is 5.91 Å². The maximum absolute atomic E-state index is 13.8. The second-order valence-electron chi connectivity index (χ2n) is 9.05. The van der Waals surface area contributed by atoms with Crippen LogP contribution in [0.3, 0.4) is 0 Å². The fraction of sp³-hybridized carbons (Fsp3) is 0.381. The molecule has 12 heteroatoms. The van der Waals surface area contributed by atoms with E-state index in [-0.39, 0.29) is 17.7 Å². The minimum atomic E-state index is -3.00. The van der Waals surface area contributed by atoms with Gasteiger partial charge in [-0.05, 0) is 67.2 Å².